The molecule has 102 valence electrons. The van der Waals surface area contributed by atoms with Gasteiger partial charge in [-0.1, -0.05) is 72.9 Å². The minimum atomic E-state index is -0.809. The van der Waals surface area contributed by atoms with Crippen molar-refractivity contribution in [3.05, 3.63) is 72.9 Å². The van der Waals surface area contributed by atoms with E-state index in [0.29, 0.717) is 0 Å². The van der Waals surface area contributed by atoms with Crippen molar-refractivity contribution in [3.8, 4) is 0 Å². The Kier molecular flexibility index (Phi) is 11.0. The van der Waals surface area contributed by atoms with Gasteiger partial charge in [-0.3, -0.25) is 4.79 Å². The van der Waals surface area contributed by atoms with E-state index in [1.54, 1.807) is 19.1 Å². The lowest BCUT2D eigenvalue weighted by Crippen LogP contribution is -2.05. The quantitative estimate of drug-likeness (QED) is 0.653. The molecule has 2 nitrogen and oxygen atoms in total. The first-order chi connectivity index (χ1) is 9.18. The minimum absolute atomic E-state index is 0.444. The molecule has 0 saturated carbocycles. The number of allylic oxidation sites excluding steroid dienone is 11. The van der Waals surface area contributed by atoms with E-state index < -0.39 is 11.9 Å². The molecule has 0 rings (SSSR count). The van der Waals surface area contributed by atoms with Gasteiger partial charge in [0.25, 0.3) is 0 Å². The molecule has 0 saturated heterocycles. The highest BCUT2D eigenvalue weighted by atomic mass is 16.4. The van der Waals surface area contributed by atoms with Crippen LogP contribution in [0.25, 0.3) is 0 Å². The number of aliphatic carboxylic acids is 1. The lowest BCUT2D eigenvalue weighted by molar-refractivity contribution is -0.139. The smallest absolute Gasteiger partial charge is 0.310 e. The van der Waals surface area contributed by atoms with E-state index in [2.05, 4.69) is 6.08 Å². The largest absolute Gasteiger partial charge is 0.481 e. The van der Waals surface area contributed by atoms with Crippen LogP contribution in [-0.2, 0) is 4.79 Å². The van der Waals surface area contributed by atoms with E-state index in [4.69, 9.17) is 5.11 Å². The SMILES string of the molecule is CC=CC=CC=CCC=CC=CC=CC(C)C(=O)O. The summed E-state index contributed by atoms with van der Waals surface area (Å²) in [5.41, 5.74) is 0. The summed E-state index contributed by atoms with van der Waals surface area (Å²) in [5.74, 6) is -1.25. The standard InChI is InChI=1S/C17H22O2/c1-3-4-5-6-7-8-9-10-11-12-13-14-15-16(2)17(18)19/h3-8,10-16H,9H2,1-2H3,(H,18,19). The van der Waals surface area contributed by atoms with Crippen LogP contribution < -0.4 is 0 Å². The maximum absolute atomic E-state index is 10.5. The summed E-state index contributed by atoms with van der Waals surface area (Å²) in [6.07, 6.45) is 23.9. The van der Waals surface area contributed by atoms with E-state index in [1.807, 2.05) is 61.6 Å². The van der Waals surface area contributed by atoms with Crippen LogP contribution in [0.1, 0.15) is 20.3 Å². The summed E-state index contributed by atoms with van der Waals surface area (Å²) in [6.45, 7) is 3.63. The van der Waals surface area contributed by atoms with Crippen LogP contribution in [0.3, 0.4) is 0 Å². The van der Waals surface area contributed by atoms with Gasteiger partial charge in [-0.15, -0.1) is 0 Å². The average Bonchev–Trinajstić information content (AvgIpc) is 2.39. The molecule has 0 aromatic rings. The number of rotatable bonds is 8. The van der Waals surface area contributed by atoms with Crippen LogP contribution in [0.4, 0.5) is 0 Å². The first-order valence-electron chi connectivity index (χ1n) is 6.35. The van der Waals surface area contributed by atoms with Crippen LogP contribution in [0.5, 0.6) is 0 Å². The third kappa shape index (κ3) is 12.2. The number of carboxylic acids is 1. The fraction of sp³-hybridized carbons (Fsp3) is 0.235. The van der Waals surface area contributed by atoms with Gasteiger partial charge in [0.05, 0.1) is 5.92 Å². The molecular formula is C17H22O2. The molecule has 1 unspecified atom stereocenters. The predicted molar refractivity (Wildman–Crippen MR) is 81.9 cm³/mol. The molecule has 0 aliphatic carbocycles. The number of carboxylic acid groups (broad SMARTS) is 1. The average molecular weight is 258 g/mol. The maximum atomic E-state index is 10.5. The fourth-order valence-electron chi connectivity index (χ4n) is 1.07. The molecule has 0 fully saturated rings. The second-order valence-electron chi connectivity index (χ2n) is 3.90. The van der Waals surface area contributed by atoms with E-state index in [-0.39, 0.29) is 0 Å². The lowest BCUT2D eigenvalue weighted by Gasteiger charge is -1.94. The zero-order chi connectivity index (χ0) is 14.3. The molecule has 19 heavy (non-hydrogen) atoms. The molecule has 0 aromatic carbocycles. The molecule has 0 aromatic heterocycles. The van der Waals surface area contributed by atoms with Crippen molar-refractivity contribution in [2.24, 2.45) is 5.92 Å². The minimum Gasteiger partial charge on any atom is -0.481 e. The van der Waals surface area contributed by atoms with Crippen LogP contribution in [-0.4, -0.2) is 11.1 Å². The normalized spacial score (nSPS) is 15.1. The van der Waals surface area contributed by atoms with Crippen molar-refractivity contribution in [1.29, 1.82) is 0 Å². The Labute approximate surface area is 115 Å². The van der Waals surface area contributed by atoms with Crippen LogP contribution in [0.15, 0.2) is 72.9 Å². The highest BCUT2D eigenvalue weighted by Crippen LogP contribution is 1.96. The molecule has 0 spiro atoms. The Balaban J connectivity index is 3.82. The zero-order valence-electron chi connectivity index (χ0n) is 11.6. The van der Waals surface area contributed by atoms with Crippen LogP contribution >= 0.6 is 0 Å². The van der Waals surface area contributed by atoms with Crippen molar-refractivity contribution in [3.63, 3.8) is 0 Å². The molecular weight excluding hydrogens is 236 g/mol. The van der Waals surface area contributed by atoms with Crippen molar-refractivity contribution >= 4 is 5.97 Å². The van der Waals surface area contributed by atoms with Gasteiger partial charge in [0, 0.05) is 0 Å². The van der Waals surface area contributed by atoms with Gasteiger partial charge in [0.1, 0.15) is 0 Å². The Bertz CT molecular complexity index is 407. The molecule has 0 aliphatic heterocycles. The van der Waals surface area contributed by atoms with Crippen molar-refractivity contribution in [1.82, 2.24) is 0 Å². The first kappa shape index (κ1) is 16.9. The monoisotopic (exact) mass is 258 g/mol. The Morgan fingerprint density at radius 2 is 1.47 bits per heavy atom. The molecule has 2 heteroatoms. The Hall–Kier alpha value is -2.09. The summed E-state index contributed by atoms with van der Waals surface area (Å²) in [5, 5.41) is 8.65. The van der Waals surface area contributed by atoms with Gasteiger partial charge in [0.2, 0.25) is 0 Å². The topological polar surface area (TPSA) is 37.3 Å². The predicted octanol–water partition coefficient (Wildman–Crippen LogP) is 4.45. The summed E-state index contributed by atoms with van der Waals surface area (Å²) >= 11 is 0. The number of carbonyl (C=O) groups is 1. The molecule has 0 heterocycles. The highest BCUT2D eigenvalue weighted by Gasteiger charge is 2.03. The first-order valence-corrected chi connectivity index (χ1v) is 6.35. The van der Waals surface area contributed by atoms with Crippen LogP contribution in [0, 0.1) is 5.92 Å². The van der Waals surface area contributed by atoms with Gasteiger partial charge in [-0.25, -0.2) is 0 Å². The van der Waals surface area contributed by atoms with Gasteiger partial charge in [-0.05, 0) is 20.3 Å². The molecule has 0 radical (unpaired) electrons. The second kappa shape index (κ2) is 12.4. The van der Waals surface area contributed by atoms with Gasteiger partial charge in [-0.2, -0.15) is 0 Å². The molecule has 1 N–H and O–H groups in total. The summed E-state index contributed by atoms with van der Waals surface area (Å²) in [6, 6.07) is 0. The molecule has 0 aliphatic rings. The van der Waals surface area contributed by atoms with Gasteiger partial charge >= 0.3 is 5.97 Å². The van der Waals surface area contributed by atoms with Crippen molar-refractivity contribution in [2.75, 3.05) is 0 Å². The Morgan fingerprint density at radius 3 is 2.00 bits per heavy atom. The maximum Gasteiger partial charge on any atom is 0.310 e. The van der Waals surface area contributed by atoms with Crippen LogP contribution in [0.2, 0.25) is 0 Å². The lowest BCUT2D eigenvalue weighted by atomic mass is 10.2. The van der Waals surface area contributed by atoms with Gasteiger partial charge < -0.3 is 5.11 Å². The number of hydrogen-bond donors (Lipinski definition) is 1. The summed E-state index contributed by atoms with van der Waals surface area (Å²) in [7, 11) is 0. The third-order valence-corrected chi connectivity index (χ3v) is 2.19. The molecule has 1 atom stereocenters. The summed E-state index contributed by atoms with van der Waals surface area (Å²) in [4.78, 5) is 10.5. The van der Waals surface area contributed by atoms with Crippen molar-refractivity contribution in [2.45, 2.75) is 20.3 Å². The molecule has 0 bridgehead atoms. The molecule has 0 amide bonds. The van der Waals surface area contributed by atoms with E-state index in [0.717, 1.165) is 6.42 Å². The van der Waals surface area contributed by atoms with Crippen molar-refractivity contribution < 1.29 is 9.90 Å². The third-order valence-electron chi connectivity index (χ3n) is 2.19. The van der Waals surface area contributed by atoms with E-state index in [1.165, 1.54) is 0 Å². The number of hydrogen-bond acceptors (Lipinski definition) is 1. The van der Waals surface area contributed by atoms with E-state index in [9.17, 15) is 4.79 Å². The summed E-state index contributed by atoms with van der Waals surface area (Å²) < 4.78 is 0. The second-order valence-corrected chi connectivity index (χ2v) is 3.90. The highest BCUT2D eigenvalue weighted by molar-refractivity contribution is 5.71. The fourth-order valence-corrected chi connectivity index (χ4v) is 1.07. The van der Waals surface area contributed by atoms with Gasteiger partial charge in [0.15, 0.2) is 0 Å². The van der Waals surface area contributed by atoms with E-state index >= 15 is 0 Å². The Morgan fingerprint density at radius 1 is 0.947 bits per heavy atom. The zero-order valence-corrected chi connectivity index (χ0v) is 11.6.